The van der Waals surface area contributed by atoms with Crippen molar-refractivity contribution in [3.63, 3.8) is 0 Å². The van der Waals surface area contributed by atoms with Crippen LogP contribution in [0.15, 0.2) is 77.8 Å². The second-order valence-electron chi connectivity index (χ2n) is 8.41. The van der Waals surface area contributed by atoms with E-state index in [1.807, 2.05) is 36.4 Å². The van der Waals surface area contributed by atoms with Gasteiger partial charge in [-0.25, -0.2) is 0 Å². The minimum atomic E-state index is 0.0733. The molecule has 0 spiro atoms. The largest absolute Gasteiger partial charge is 0.493 e. The summed E-state index contributed by atoms with van der Waals surface area (Å²) >= 11 is 0. The number of aliphatic imine (C=N–C) groups is 1. The van der Waals surface area contributed by atoms with Crippen LogP contribution in [0.25, 0.3) is 0 Å². The van der Waals surface area contributed by atoms with Gasteiger partial charge in [0.05, 0.1) is 18.8 Å². The van der Waals surface area contributed by atoms with E-state index in [1.54, 1.807) is 0 Å². The number of hydrogen-bond donors (Lipinski definition) is 2. The zero-order chi connectivity index (χ0) is 23.0. The maximum atomic E-state index is 6.29. The number of fused-ring (bicyclic) bond motifs is 1. The Balaban J connectivity index is 1.32. The van der Waals surface area contributed by atoms with Crippen molar-refractivity contribution in [3.05, 3.63) is 89.5 Å². The number of rotatable bonds is 9. The Hall–Kier alpha value is -3.67. The fourth-order valence-corrected chi connectivity index (χ4v) is 3.97. The second kappa shape index (κ2) is 10.8. The molecule has 1 aliphatic heterocycles. The van der Waals surface area contributed by atoms with Gasteiger partial charge in [0, 0.05) is 19.5 Å². The summed E-state index contributed by atoms with van der Waals surface area (Å²) < 4.78 is 12.3. The third-order valence-corrected chi connectivity index (χ3v) is 5.74. The number of para-hydroxylation sites is 2. The summed E-state index contributed by atoms with van der Waals surface area (Å²) in [6.45, 7) is 4.99. The van der Waals surface area contributed by atoms with E-state index in [-0.39, 0.29) is 12.1 Å². The van der Waals surface area contributed by atoms with Gasteiger partial charge in [-0.15, -0.1) is 0 Å². The molecule has 1 aliphatic rings. The summed E-state index contributed by atoms with van der Waals surface area (Å²) in [4.78, 5) is 6.42. The molecular formula is C27H32N4O2. The van der Waals surface area contributed by atoms with Crippen LogP contribution in [0.5, 0.6) is 11.5 Å². The third kappa shape index (κ3) is 6.42. The molecule has 6 nitrogen and oxygen atoms in total. The van der Waals surface area contributed by atoms with Gasteiger partial charge in [-0.3, -0.25) is 4.99 Å². The normalized spacial score (nSPS) is 14.8. The predicted octanol–water partition coefficient (Wildman–Crippen LogP) is 4.05. The molecule has 4 rings (SSSR count). The van der Waals surface area contributed by atoms with Crippen LogP contribution in [0, 0.1) is 6.92 Å². The molecule has 1 atom stereocenters. The molecule has 3 aromatic rings. The van der Waals surface area contributed by atoms with Gasteiger partial charge in [-0.05, 0) is 48.7 Å². The Morgan fingerprint density at radius 1 is 1.00 bits per heavy atom. The summed E-state index contributed by atoms with van der Waals surface area (Å²) in [5, 5.41) is 0. The van der Waals surface area contributed by atoms with Crippen LogP contribution < -0.4 is 25.8 Å². The van der Waals surface area contributed by atoms with Crippen molar-refractivity contribution in [2.75, 3.05) is 24.6 Å². The van der Waals surface area contributed by atoms with E-state index in [0.29, 0.717) is 13.2 Å². The number of nitrogens with zero attached hydrogens (tertiary/aromatic N) is 2. The van der Waals surface area contributed by atoms with E-state index in [4.69, 9.17) is 20.9 Å². The van der Waals surface area contributed by atoms with Gasteiger partial charge in [-0.2, -0.15) is 0 Å². The van der Waals surface area contributed by atoms with Crippen molar-refractivity contribution in [1.29, 1.82) is 0 Å². The lowest BCUT2D eigenvalue weighted by Crippen LogP contribution is -2.40. The number of nitrogens with two attached hydrogens (primary N) is 2. The first kappa shape index (κ1) is 22.5. The third-order valence-electron chi connectivity index (χ3n) is 5.74. The van der Waals surface area contributed by atoms with Crippen LogP contribution in [-0.2, 0) is 13.0 Å². The highest BCUT2D eigenvalue weighted by atomic mass is 16.5. The highest BCUT2D eigenvalue weighted by Gasteiger charge is 2.25. The Bertz CT molecular complexity index is 1060. The number of guanidine groups is 1. The molecule has 0 fully saturated rings. The molecule has 33 heavy (non-hydrogen) atoms. The number of ether oxygens (including phenoxy) is 2. The molecular weight excluding hydrogens is 412 g/mol. The second-order valence-corrected chi connectivity index (χ2v) is 8.41. The van der Waals surface area contributed by atoms with Gasteiger partial charge in [0.2, 0.25) is 0 Å². The molecule has 172 valence electrons. The minimum Gasteiger partial charge on any atom is -0.493 e. The molecule has 4 N–H and O–H groups in total. The van der Waals surface area contributed by atoms with E-state index >= 15 is 0 Å². The minimum absolute atomic E-state index is 0.0733. The average molecular weight is 445 g/mol. The van der Waals surface area contributed by atoms with Crippen LogP contribution in [0.1, 0.15) is 23.1 Å². The van der Waals surface area contributed by atoms with Crippen molar-refractivity contribution in [2.24, 2.45) is 16.5 Å². The lowest BCUT2D eigenvalue weighted by atomic mass is 10.1. The predicted molar refractivity (Wildman–Crippen MR) is 134 cm³/mol. The standard InChI is InChI=1S/C27H32N4O2/c1-20-6-8-22(9-7-20)18-31-19-24(33-26-5-3-2-4-25(26)31)15-17-32-23-12-10-21(11-13-23)14-16-30-27(28)29/h2-13,24H,14-19H2,1H3,(H4,28,29,30). The summed E-state index contributed by atoms with van der Waals surface area (Å²) in [7, 11) is 0. The molecule has 6 heteroatoms. The lowest BCUT2D eigenvalue weighted by Gasteiger charge is -2.36. The first-order valence-electron chi connectivity index (χ1n) is 11.4. The first-order valence-corrected chi connectivity index (χ1v) is 11.4. The van der Waals surface area contributed by atoms with Crippen LogP contribution in [0.2, 0.25) is 0 Å². The van der Waals surface area contributed by atoms with Crippen molar-refractivity contribution in [1.82, 2.24) is 0 Å². The highest BCUT2D eigenvalue weighted by molar-refractivity contribution is 5.75. The molecule has 1 unspecified atom stereocenters. The Morgan fingerprint density at radius 3 is 2.48 bits per heavy atom. The van der Waals surface area contributed by atoms with E-state index in [1.165, 1.54) is 16.7 Å². The highest BCUT2D eigenvalue weighted by Crippen LogP contribution is 2.34. The SMILES string of the molecule is Cc1ccc(CN2CC(CCOc3ccc(CCN=C(N)N)cc3)Oc3ccccc32)cc1. The number of benzene rings is 3. The van der Waals surface area contributed by atoms with Crippen LogP contribution in [-0.4, -0.2) is 31.8 Å². The maximum absolute atomic E-state index is 6.29. The van der Waals surface area contributed by atoms with Gasteiger partial charge in [-0.1, -0.05) is 54.1 Å². The Labute approximate surface area is 195 Å². The molecule has 0 radical (unpaired) electrons. The quantitative estimate of drug-likeness (QED) is 0.384. The Kier molecular flexibility index (Phi) is 7.35. The number of hydrogen-bond acceptors (Lipinski definition) is 4. The first-order chi connectivity index (χ1) is 16.1. The van der Waals surface area contributed by atoms with Gasteiger partial charge in [0.15, 0.2) is 5.96 Å². The van der Waals surface area contributed by atoms with Gasteiger partial charge >= 0.3 is 0 Å². The molecule has 0 amide bonds. The zero-order valence-electron chi connectivity index (χ0n) is 19.1. The van der Waals surface area contributed by atoms with Crippen molar-refractivity contribution < 1.29 is 9.47 Å². The fourth-order valence-electron chi connectivity index (χ4n) is 3.97. The van der Waals surface area contributed by atoms with Crippen LogP contribution in [0.3, 0.4) is 0 Å². The average Bonchev–Trinajstić information content (AvgIpc) is 2.81. The van der Waals surface area contributed by atoms with Crippen molar-refractivity contribution in [3.8, 4) is 11.5 Å². The molecule has 0 aromatic heterocycles. The molecule has 3 aromatic carbocycles. The monoisotopic (exact) mass is 444 g/mol. The van der Waals surface area contributed by atoms with Gasteiger partial charge < -0.3 is 25.8 Å². The smallest absolute Gasteiger partial charge is 0.185 e. The zero-order valence-corrected chi connectivity index (χ0v) is 19.1. The van der Waals surface area contributed by atoms with E-state index in [2.05, 4.69) is 53.2 Å². The number of anilines is 1. The van der Waals surface area contributed by atoms with Gasteiger partial charge in [0.1, 0.15) is 17.6 Å². The maximum Gasteiger partial charge on any atom is 0.185 e. The number of aryl methyl sites for hydroxylation is 1. The molecule has 0 bridgehead atoms. The van der Waals surface area contributed by atoms with E-state index in [0.717, 1.165) is 43.1 Å². The molecule has 1 heterocycles. The summed E-state index contributed by atoms with van der Waals surface area (Å²) in [5.74, 6) is 1.92. The van der Waals surface area contributed by atoms with Gasteiger partial charge in [0.25, 0.3) is 0 Å². The van der Waals surface area contributed by atoms with Crippen molar-refractivity contribution >= 4 is 11.6 Å². The molecule has 0 saturated carbocycles. The fraction of sp³-hybridized carbons (Fsp3) is 0.296. The summed E-state index contributed by atoms with van der Waals surface area (Å²) in [5.41, 5.74) is 15.6. The van der Waals surface area contributed by atoms with Crippen molar-refractivity contribution in [2.45, 2.75) is 32.4 Å². The molecule has 0 aliphatic carbocycles. The lowest BCUT2D eigenvalue weighted by molar-refractivity contribution is 0.155. The van der Waals surface area contributed by atoms with Crippen LogP contribution in [0.4, 0.5) is 5.69 Å². The van der Waals surface area contributed by atoms with E-state index < -0.39 is 0 Å². The molecule has 0 saturated heterocycles. The van der Waals surface area contributed by atoms with E-state index in [9.17, 15) is 0 Å². The summed E-state index contributed by atoms with van der Waals surface area (Å²) in [6.07, 6.45) is 1.68. The Morgan fingerprint density at radius 2 is 1.73 bits per heavy atom. The summed E-state index contributed by atoms with van der Waals surface area (Å²) in [6, 6.07) is 25.1. The van der Waals surface area contributed by atoms with Crippen LogP contribution >= 0.6 is 0 Å². The topological polar surface area (TPSA) is 86.1 Å².